The lowest BCUT2D eigenvalue weighted by atomic mass is 9.76. The molecule has 17 heteroatoms. The van der Waals surface area contributed by atoms with Crippen LogP contribution in [0.1, 0.15) is 64.0 Å². The van der Waals surface area contributed by atoms with Gasteiger partial charge in [0.05, 0.1) is 50.0 Å². The van der Waals surface area contributed by atoms with Gasteiger partial charge in [-0.05, 0) is 92.1 Å². The van der Waals surface area contributed by atoms with E-state index in [-0.39, 0.29) is 35.8 Å². The van der Waals surface area contributed by atoms with Crippen molar-refractivity contribution < 1.29 is 64.1 Å². The first-order valence-corrected chi connectivity index (χ1v) is 25.3. The zero-order valence-electron chi connectivity index (χ0n) is 38.9. The second-order valence-corrected chi connectivity index (χ2v) is 20.1. The molecule has 0 aromatic heterocycles. The van der Waals surface area contributed by atoms with Gasteiger partial charge in [0.25, 0.3) is 20.2 Å². The van der Waals surface area contributed by atoms with E-state index in [1.54, 1.807) is 20.3 Å². The molecule has 0 bridgehead atoms. The Morgan fingerprint density at radius 3 is 2.07 bits per heavy atom. The van der Waals surface area contributed by atoms with E-state index in [4.69, 9.17) is 23.7 Å². The van der Waals surface area contributed by atoms with Crippen LogP contribution in [-0.2, 0) is 59.5 Å². The number of anilines is 1. The number of hydrogen-bond donors (Lipinski definition) is 3. The van der Waals surface area contributed by atoms with E-state index >= 15 is 0 Å². The fourth-order valence-electron chi connectivity index (χ4n) is 9.35. The van der Waals surface area contributed by atoms with E-state index in [2.05, 4.69) is 59.7 Å². The molecule has 4 aromatic rings. The van der Waals surface area contributed by atoms with Gasteiger partial charge in [-0.2, -0.15) is 21.4 Å². The lowest BCUT2D eigenvalue weighted by Gasteiger charge is -2.31. The number of benzene rings is 4. The van der Waals surface area contributed by atoms with Crippen LogP contribution in [-0.4, -0.2) is 127 Å². The predicted molar refractivity (Wildman–Crippen MR) is 258 cm³/mol. The summed E-state index contributed by atoms with van der Waals surface area (Å²) in [7, 11) is -6.61. The topological polar surface area (TPSA) is 198 Å². The first kappa shape index (κ1) is 51.6. The van der Waals surface area contributed by atoms with Gasteiger partial charge in [0.1, 0.15) is 11.5 Å². The largest absolute Gasteiger partial charge is 0.481 e. The van der Waals surface area contributed by atoms with Crippen molar-refractivity contribution in [3.8, 4) is 0 Å². The number of carbonyl (C=O) groups is 1. The van der Waals surface area contributed by atoms with Crippen LogP contribution in [0.25, 0.3) is 21.5 Å². The summed E-state index contributed by atoms with van der Waals surface area (Å²) in [6, 6.07) is 18.0. The molecule has 6 rings (SSSR count). The summed E-state index contributed by atoms with van der Waals surface area (Å²) in [6.45, 7) is 10.6. The van der Waals surface area contributed by atoms with Crippen LogP contribution in [0.15, 0.2) is 107 Å². The Kier molecular flexibility index (Phi) is 17.3. The molecule has 0 saturated heterocycles. The smallest absolute Gasteiger partial charge is 0.303 e. The fourth-order valence-corrected chi connectivity index (χ4v) is 10.7. The maximum atomic E-state index is 12.8. The Hall–Kier alpha value is -4.82. The molecule has 0 aliphatic carbocycles. The number of unbranched alkanes of at least 4 members (excludes halogenated alkanes) is 2. The zero-order valence-corrected chi connectivity index (χ0v) is 40.5. The Balaban J connectivity index is 1.40. The van der Waals surface area contributed by atoms with E-state index in [0.29, 0.717) is 89.7 Å². The van der Waals surface area contributed by atoms with Gasteiger partial charge in [0.15, 0.2) is 12.3 Å². The summed E-state index contributed by atoms with van der Waals surface area (Å²) >= 11 is 0. The van der Waals surface area contributed by atoms with Gasteiger partial charge in [-0.3, -0.25) is 13.9 Å². The molecule has 2 heterocycles. The highest BCUT2D eigenvalue weighted by Gasteiger charge is 2.46. The van der Waals surface area contributed by atoms with Gasteiger partial charge in [0, 0.05) is 73.7 Å². The number of fused-ring (bicyclic) bond motifs is 6. The monoisotopic (exact) mass is 963 g/mol. The molecule has 0 fully saturated rings. The van der Waals surface area contributed by atoms with Crippen molar-refractivity contribution in [1.29, 1.82) is 0 Å². The standard InChI is InChI=1S/C50H62N2O13S2/c1-49(2)44(52(25-27-61-4)41-21-19-36-14-11-12-15-38(36)47(41)49)16-8-6-9-17-45-50(3,23-26-63-30-31-65-33-32-64-29-28-62-5)48-40-34-37(66(55,56)57)35-43(67(58,59)60)39(40)20-22-42(48)51(45)24-13-7-10-18-46(53)54/h6,8-9,11-12,14-17,19-22,34-35H,7,10,13,18,23-33H2,1-5H3,(H2-,53,54,55,56,57,58,59,60)/p+1. The SMILES string of the molecule is COCCOCCOCCOCCC1(C)C(=CC=CC=CC2=[N+](CCOC)c3ccc4ccccc4c3C2(C)C)N(CCCCCC(=O)O)c2ccc3c(S(=O)(=O)O)cc(S(=O)(=O)O)cc3c21. The van der Waals surface area contributed by atoms with Gasteiger partial charge >= 0.3 is 5.97 Å². The van der Waals surface area contributed by atoms with Crippen molar-refractivity contribution in [2.24, 2.45) is 0 Å². The van der Waals surface area contributed by atoms with E-state index in [1.807, 2.05) is 37.3 Å². The Bertz CT molecular complexity index is 2780. The second-order valence-electron chi connectivity index (χ2n) is 17.3. The zero-order chi connectivity index (χ0) is 48.4. The molecule has 2 aliphatic rings. The summed E-state index contributed by atoms with van der Waals surface area (Å²) in [4.78, 5) is 12.1. The molecular weight excluding hydrogens is 901 g/mol. The van der Waals surface area contributed by atoms with Gasteiger partial charge in [0.2, 0.25) is 5.69 Å². The summed E-state index contributed by atoms with van der Waals surface area (Å²) in [6.07, 6.45) is 12.0. The number of ether oxygens (including phenoxy) is 5. The summed E-state index contributed by atoms with van der Waals surface area (Å²) in [5.74, 6) is -0.882. The molecule has 67 heavy (non-hydrogen) atoms. The molecule has 0 radical (unpaired) electrons. The highest BCUT2D eigenvalue weighted by Crippen LogP contribution is 2.54. The Labute approximate surface area is 393 Å². The number of carboxylic acids is 1. The van der Waals surface area contributed by atoms with Crippen LogP contribution in [0.4, 0.5) is 11.4 Å². The van der Waals surface area contributed by atoms with E-state index in [0.717, 1.165) is 23.2 Å². The molecule has 1 atom stereocenters. The van der Waals surface area contributed by atoms with Gasteiger partial charge in [-0.15, -0.1) is 0 Å². The molecule has 1 unspecified atom stereocenters. The molecule has 0 amide bonds. The number of aliphatic carboxylic acids is 1. The minimum Gasteiger partial charge on any atom is -0.481 e. The lowest BCUT2D eigenvalue weighted by Crippen LogP contribution is -2.31. The number of hydrogen-bond acceptors (Lipinski definition) is 11. The van der Waals surface area contributed by atoms with Crippen LogP contribution in [0.5, 0.6) is 0 Å². The molecule has 0 spiro atoms. The minimum absolute atomic E-state index is 0.0233. The Morgan fingerprint density at radius 1 is 0.716 bits per heavy atom. The first-order chi connectivity index (χ1) is 31.9. The third kappa shape index (κ3) is 11.9. The highest BCUT2D eigenvalue weighted by molar-refractivity contribution is 7.86. The lowest BCUT2D eigenvalue weighted by molar-refractivity contribution is -0.441. The molecule has 2 aliphatic heterocycles. The second kappa shape index (κ2) is 22.5. The van der Waals surface area contributed by atoms with Crippen molar-refractivity contribution in [2.75, 3.05) is 85.1 Å². The first-order valence-electron chi connectivity index (χ1n) is 22.4. The third-order valence-corrected chi connectivity index (χ3v) is 14.2. The average molecular weight is 964 g/mol. The van der Waals surface area contributed by atoms with Crippen molar-refractivity contribution in [3.05, 3.63) is 108 Å². The minimum atomic E-state index is -4.97. The number of carboxylic acid groups (broad SMARTS) is 1. The van der Waals surface area contributed by atoms with Crippen molar-refractivity contribution in [1.82, 2.24) is 0 Å². The molecule has 3 N–H and O–H groups in total. The number of allylic oxidation sites excluding steroid dienone is 6. The maximum Gasteiger partial charge on any atom is 0.303 e. The molecule has 15 nitrogen and oxygen atoms in total. The number of rotatable bonds is 26. The molecular formula is C50H63N2O13S2+. The van der Waals surface area contributed by atoms with E-state index < -0.39 is 41.4 Å². The summed E-state index contributed by atoms with van der Waals surface area (Å²) in [5, 5.41) is 12.0. The molecule has 4 aromatic carbocycles. The summed E-state index contributed by atoms with van der Waals surface area (Å²) < 4.78 is 102. The van der Waals surface area contributed by atoms with Crippen LogP contribution in [0.2, 0.25) is 0 Å². The number of nitrogens with zero attached hydrogens (tertiary/aromatic N) is 2. The fraction of sp³-hybridized carbons (Fsp3) is 0.440. The van der Waals surface area contributed by atoms with Crippen molar-refractivity contribution in [2.45, 2.75) is 73.5 Å². The maximum absolute atomic E-state index is 12.8. The highest BCUT2D eigenvalue weighted by atomic mass is 32.2. The third-order valence-electron chi connectivity index (χ3n) is 12.5. The van der Waals surface area contributed by atoms with E-state index in [1.165, 1.54) is 28.5 Å². The quantitative estimate of drug-likeness (QED) is 0.0237. The Morgan fingerprint density at radius 2 is 1.40 bits per heavy atom. The van der Waals surface area contributed by atoms with Crippen LogP contribution in [0, 0.1) is 0 Å². The molecule has 0 saturated carbocycles. The summed E-state index contributed by atoms with van der Waals surface area (Å²) in [5.41, 5.74) is 4.21. The van der Waals surface area contributed by atoms with Gasteiger partial charge in [-0.25, -0.2) is 0 Å². The van der Waals surface area contributed by atoms with Crippen LogP contribution >= 0.6 is 0 Å². The average Bonchev–Trinajstić information content (AvgIpc) is 3.65. The van der Waals surface area contributed by atoms with Crippen LogP contribution < -0.4 is 4.90 Å². The molecule has 362 valence electrons. The van der Waals surface area contributed by atoms with Crippen LogP contribution in [0.3, 0.4) is 0 Å². The van der Waals surface area contributed by atoms with Gasteiger partial charge in [-0.1, -0.05) is 55.0 Å². The van der Waals surface area contributed by atoms with Crippen molar-refractivity contribution in [3.63, 3.8) is 0 Å². The van der Waals surface area contributed by atoms with Gasteiger partial charge < -0.3 is 33.7 Å². The normalized spacial score (nSPS) is 17.8. The van der Waals surface area contributed by atoms with Crippen molar-refractivity contribution >= 4 is 64.8 Å². The van der Waals surface area contributed by atoms with E-state index in [9.17, 15) is 35.8 Å². The number of methoxy groups -OCH3 is 2. The predicted octanol–water partition coefficient (Wildman–Crippen LogP) is 8.01.